The van der Waals surface area contributed by atoms with E-state index < -0.39 is 16.8 Å². The van der Waals surface area contributed by atoms with Gasteiger partial charge < -0.3 is 19.5 Å². The maximum absolute atomic E-state index is 13.4. The second-order valence-corrected chi connectivity index (χ2v) is 9.70. The summed E-state index contributed by atoms with van der Waals surface area (Å²) in [7, 11) is 3.14. The van der Waals surface area contributed by atoms with Crippen LogP contribution in [0.2, 0.25) is 0 Å². The summed E-state index contributed by atoms with van der Waals surface area (Å²) in [6.45, 7) is 2.20. The normalized spacial score (nSPS) is 19.8. The molecule has 0 spiro atoms. The van der Waals surface area contributed by atoms with Gasteiger partial charge in [0.1, 0.15) is 11.5 Å². The number of thioether (sulfide) groups is 1. The first-order valence-electron chi connectivity index (χ1n) is 10.9. The van der Waals surface area contributed by atoms with Crippen LogP contribution in [0.15, 0.2) is 77.7 Å². The summed E-state index contributed by atoms with van der Waals surface area (Å²) in [4.78, 5) is 28.8. The number of aryl methyl sites for hydroxylation is 1. The van der Waals surface area contributed by atoms with E-state index in [0.717, 1.165) is 21.6 Å². The van der Waals surface area contributed by atoms with Crippen LogP contribution >= 0.6 is 11.8 Å². The molecular weight excluding hydrogens is 450 g/mol. The predicted octanol–water partition coefficient (Wildman–Crippen LogP) is 5.10. The fraction of sp³-hybridized carbons (Fsp3) is 0.259. The van der Waals surface area contributed by atoms with Crippen molar-refractivity contribution in [1.82, 2.24) is 4.90 Å². The van der Waals surface area contributed by atoms with Gasteiger partial charge in [-0.05, 0) is 36.8 Å². The molecule has 0 aromatic heterocycles. The van der Waals surface area contributed by atoms with E-state index in [9.17, 15) is 14.7 Å². The van der Waals surface area contributed by atoms with Crippen molar-refractivity contribution in [1.29, 1.82) is 0 Å². The van der Waals surface area contributed by atoms with Crippen molar-refractivity contribution in [3.8, 4) is 11.5 Å². The van der Waals surface area contributed by atoms with Crippen LogP contribution in [-0.2, 0) is 16.1 Å². The third-order valence-corrected chi connectivity index (χ3v) is 7.54. The smallest absolute Gasteiger partial charge is 0.323 e. The third-order valence-electron chi connectivity index (χ3n) is 6.12. The third kappa shape index (κ3) is 4.48. The Hall–Kier alpha value is -3.45. The van der Waals surface area contributed by atoms with Crippen LogP contribution in [0.3, 0.4) is 0 Å². The van der Waals surface area contributed by atoms with Crippen molar-refractivity contribution in [3.05, 3.63) is 89.5 Å². The Morgan fingerprint density at radius 2 is 1.76 bits per heavy atom. The van der Waals surface area contributed by atoms with Crippen molar-refractivity contribution in [2.24, 2.45) is 0 Å². The van der Waals surface area contributed by atoms with E-state index in [0.29, 0.717) is 11.5 Å². The van der Waals surface area contributed by atoms with E-state index in [2.05, 4.69) is 0 Å². The van der Waals surface area contributed by atoms with Gasteiger partial charge in [0.2, 0.25) is 5.91 Å². The van der Waals surface area contributed by atoms with E-state index in [-0.39, 0.29) is 18.9 Å². The Morgan fingerprint density at radius 3 is 2.38 bits per heavy atom. The second-order valence-electron chi connectivity index (χ2n) is 8.30. The molecule has 2 atom stereocenters. The summed E-state index contributed by atoms with van der Waals surface area (Å²) in [6, 6.07) is 21.9. The number of nitrogens with zero attached hydrogens (tertiary/aromatic N) is 1. The quantitative estimate of drug-likeness (QED) is 0.486. The molecule has 0 saturated carbocycles. The molecule has 34 heavy (non-hydrogen) atoms. The zero-order valence-electron chi connectivity index (χ0n) is 19.4. The molecule has 1 heterocycles. The van der Waals surface area contributed by atoms with Gasteiger partial charge in [-0.1, -0.05) is 48.0 Å². The number of aliphatic carboxylic acids is 1. The molecule has 0 bridgehead atoms. The van der Waals surface area contributed by atoms with Gasteiger partial charge in [0, 0.05) is 23.1 Å². The number of hydrogen-bond donors (Lipinski definition) is 1. The minimum Gasteiger partial charge on any atom is -0.497 e. The molecule has 1 aliphatic rings. The number of carbonyl (C=O) groups excluding carboxylic acids is 1. The predicted molar refractivity (Wildman–Crippen MR) is 131 cm³/mol. The van der Waals surface area contributed by atoms with Gasteiger partial charge in [-0.25, -0.2) is 0 Å². The molecule has 3 aromatic rings. The molecule has 7 heteroatoms. The van der Waals surface area contributed by atoms with Gasteiger partial charge in [0.25, 0.3) is 0 Å². The molecule has 1 aliphatic heterocycles. The number of benzene rings is 3. The molecule has 2 unspecified atom stereocenters. The number of amides is 1. The standard InChI is InChI=1S/C27H27NO5S/c1-18-9-13-22(14-10-18)34-27(26(30)31)16-24(29)28(25(27)19-7-5-4-6-8-19)17-20-11-12-21(32-2)15-23(20)33-3/h4-15,25H,16-17H2,1-3H3,(H,30,31). The fourth-order valence-electron chi connectivity index (χ4n) is 4.39. The van der Waals surface area contributed by atoms with Crippen LogP contribution in [-0.4, -0.2) is 40.8 Å². The summed E-state index contributed by atoms with van der Waals surface area (Å²) in [5, 5.41) is 10.5. The van der Waals surface area contributed by atoms with E-state index in [4.69, 9.17) is 9.47 Å². The number of likely N-dealkylation sites (tertiary alicyclic amines) is 1. The van der Waals surface area contributed by atoms with Crippen molar-refractivity contribution in [2.45, 2.75) is 35.6 Å². The van der Waals surface area contributed by atoms with Crippen LogP contribution in [0.25, 0.3) is 0 Å². The number of hydrogen-bond acceptors (Lipinski definition) is 5. The lowest BCUT2D eigenvalue weighted by molar-refractivity contribution is -0.140. The molecule has 0 aliphatic carbocycles. The first kappa shape index (κ1) is 23.7. The van der Waals surface area contributed by atoms with E-state index in [1.165, 1.54) is 11.8 Å². The van der Waals surface area contributed by atoms with E-state index >= 15 is 0 Å². The Balaban J connectivity index is 1.80. The van der Waals surface area contributed by atoms with Crippen molar-refractivity contribution < 1.29 is 24.2 Å². The number of ether oxygens (including phenoxy) is 2. The minimum absolute atomic E-state index is 0.112. The largest absolute Gasteiger partial charge is 0.497 e. The maximum atomic E-state index is 13.4. The molecule has 176 valence electrons. The number of rotatable bonds is 8. The van der Waals surface area contributed by atoms with Gasteiger partial charge in [-0.3, -0.25) is 9.59 Å². The van der Waals surface area contributed by atoms with Crippen LogP contribution < -0.4 is 9.47 Å². The minimum atomic E-state index is -1.38. The monoisotopic (exact) mass is 477 g/mol. The average Bonchev–Trinajstić information content (AvgIpc) is 3.13. The van der Waals surface area contributed by atoms with Crippen molar-refractivity contribution >= 4 is 23.6 Å². The molecule has 1 amide bonds. The van der Waals surface area contributed by atoms with Crippen LogP contribution in [0.4, 0.5) is 0 Å². The maximum Gasteiger partial charge on any atom is 0.323 e. The lowest BCUT2D eigenvalue weighted by Gasteiger charge is -2.35. The van der Waals surface area contributed by atoms with Gasteiger partial charge in [-0.15, -0.1) is 11.8 Å². The van der Waals surface area contributed by atoms with Crippen LogP contribution in [0, 0.1) is 6.92 Å². The molecule has 1 saturated heterocycles. The number of carboxylic acids is 1. The average molecular weight is 478 g/mol. The van der Waals surface area contributed by atoms with Gasteiger partial charge in [0.05, 0.1) is 26.7 Å². The molecule has 1 N–H and O–H groups in total. The zero-order valence-corrected chi connectivity index (χ0v) is 20.2. The van der Waals surface area contributed by atoms with Crippen LogP contribution in [0.5, 0.6) is 11.5 Å². The highest BCUT2D eigenvalue weighted by Gasteiger charge is 2.58. The Labute approximate surface area is 203 Å². The highest BCUT2D eigenvalue weighted by atomic mass is 32.2. The zero-order chi connectivity index (χ0) is 24.3. The molecular formula is C27H27NO5S. The summed E-state index contributed by atoms with van der Waals surface area (Å²) in [5.74, 6) is -0.000971. The molecule has 4 rings (SSSR count). The Bertz CT molecular complexity index is 1180. The fourth-order valence-corrected chi connectivity index (χ4v) is 5.74. The van der Waals surface area contributed by atoms with E-state index in [1.807, 2.05) is 67.6 Å². The van der Waals surface area contributed by atoms with Crippen LogP contribution in [0.1, 0.15) is 29.2 Å². The Morgan fingerprint density at radius 1 is 1.06 bits per heavy atom. The molecule has 1 fully saturated rings. The SMILES string of the molecule is COc1ccc(CN2C(=O)CC(Sc3ccc(C)cc3)(C(=O)O)C2c2ccccc2)c(OC)c1. The lowest BCUT2D eigenvalue weighted by Crippen LogP contribution is -2.41. The second kappa shape index (κ2) is 9.81. The number of carboxylic acid groups (broad SMARTS) is 1. The molecule has 6 nitrogen and oxygen atoms in total. The number of carbonyl (C=O) groups is 2. The molecule has 3 aromatic carbocycles. The first-order chi connectivity index (χ1) is 16.4. The summed E-state index contributed by atoms with van der Waals surface area (Å²) < 4.78 is 9.45. The topological polar surface area (TPSA) is 76.1 Å². The first-order valence-corrected chi connectivity index (χ1v) is 11.7. The summed E-state index contributed by atoms with van der Waals surface area (Å²) >= 11 is 1.24. The van der Waals surface area contributed by atoms with Gasteiger partial charge in [-0.2, -0.15) is 0 Å². The Kier molecular flexibility index (Phi) is 6.84. The van der Waals surface area contributed by atoms with Crippen molar-refractivity contribution in [3.63, 3.8) is 0 Å². The lowest BCUT2D eigenvalue weighted by atomic mass is 9.92. The van der Waals surface area contributed by atoms with Gasteiger partial charge in [0.15, 0.2) is 4.75 Å². The van der Waals surface area contributed by atoms with E-state index in [1.54, 1.807) is 31.3 Å². The number of methoxy groups -OCH3 is 2. The van der Waals surface area contributed by atoms with Gasteiger partial charge >= 0.3 is 5.97 Å². The molecule has 0 radical (unpaired) electrons. The van der Waals surface area contributed by atoms with Crippen molar-refractivity contribution in [2.75, 3.05) is 14.2 Å². The highest BCUT2D eigenvalue weighted by molar-refractivity contribution is 8.01. The highest BCUT2D eigenvalue weighted by Crippen LogP contribution is 2.53. The summed E-state index contributed by atoms with van der Waals surface area (Å²) in [5.41, 5.74) is 2.64. The summed E-state index contributed by atoms with van der Waals surface area (Å²) in [6.07, 6.45) is -0.112.